The lowest BCUT2D eigenvalue weighted by molar-refractivity contribution is -0.118. The van der Waals surface area contributed by atoms with Gasteiger partial charge in [0.1, 0.15) is 0 Å². The fourth-order valence-electron chi connectivity index (χ4n) is 9.03. The highest BCUT2D eigenvalue weighted by Crippen LogP contribution is 2.68. The van der Waals surface area contributed by atoms with Crippen molar-refractivity contribution in [1.29, 1.82) is 0 Å². The van der Waals surface area contributed by atoms with Gasteiger partial charge in [0.2, 0.25) is 0 Å². The number of hydrogen-bond donors (Lipinski definition) is 1. The second-order valence-corrected chi connectivity index (χ2v) is 12.6. The van der Waals surface area contributed by atoms with E-state index in [1.54, 1.807) is 0 Å². The van der Waals surface area contributed by atoms with Crippen molar-refractivity contribution in [2.75, 3.05) is 6.54 Å². The average molecular weight is 414 g/mol. The van der Waals surface area contributed by atoms with Gasteiger partial charge in [-0.15, -0.1) is 0 Å². The van der Waals surface area contributed by atoms with Gasteiger partial charge in [-0.25, -0.2) is 0 Å². The summed E-state index contributed by atoms with van der Waals surface area (Å²) in [4.78, 5) is 12.2. The number of carbonyl (C=O) groups is 1. The highest BCUT2D eigenvalue weighted by molar-refractivity contribution is 5.91. The Kier molecular flexibility index (Phi) is 6.30. The molecule has 0 aromatic heterocycles. The van der Waals surface area contributed by atoms with Crippen LogP contribution in [0.25, 0.3) is 0 Å². The quantitative estimate of drug-likeness (QED) is 0.521. The lowest BCUT2D eigenvalue weighted by atomic mass is 9.44. The molecule has 4 rings (SSSR count). The number of carbonyl (C=O) groups excluding carboxylic acids is 1. The van der Waals surface area contributed by atoms with Gasteiger partial charge in [-0.3, -0.25) is 4.79 Å². The molecule has 2 heteroatoms. The minimum absolute atomic E-state index is 0.225. The molecule has 8 atom stereocenters. The fraction of sp³-hybridized carbons (Fsp3) is 0.893. The molecule has 2 N–H and O–H groups in total. The minimum atomic E-state index is 0.225. The summed E-state index contributed by atoms with van der Waals surface area (Å²) in [5.41, 5.74) is 8.49. The van der Waals surface area contributed by atoms with Crippen LogP contribution in [0.2, 0.25) is 0 Å². The van der Waals surface area contributed by atoms with Crippen LogP contribution in [-0.2, 0) is 4.79 Å². The van der Waals surface area contributed by atoms with Crippen LogP contribution in [-0.4, -0.2) is 12.3 Å². The van der Waals surface area contributed by atoms with Crippen LogP contribution < -0.4 is 5.73 Å². The predicted molar refractivity (Wildman–Crippen MR) is 126 cm³/mol. The van der Waals surface area contributed by atoms with Crippen molar-refractivity contribution in [3.05, 3.63) is 11.6 Å². The monoisotopic (exact) mass is 413 g/mol. The van der Waals surface area contributed by atoms with E-state index in [1.807, 2.05) is 6.08 Å². The molecule has 0 bridgehead atoms. The molecule has 0 aliphatic heterocycles. The molecule has 1 unspecified atom stereocenters. The Hall–Kier alpha value is -0.630. The van der Waals surface area contributed by atoms with E-state index >= 15 is 0 Å². The summed E-state index contributed by atoms with van der Waals surface area (Å²) in [5.74, 6) is 5.85. The third-order valence-corrected chi connectivity index (χ3v) is 10.6. The maximum absolute atomic E-state index is 12.2. The zero-order valence-corrected chi connectivity index (χ0v) is 20.4. The van der Waals surface area contributed by atoms with E-state index < -0.39 is 0 Å². The lowest BCUT2D eigenvalue weighted by Gasteiger charge is -2.60. The third kappa shape index (κ3) is 3.63. The summed E-state index contributed by atoms with van der Waals surface area (Å²) in [6.45, 7) is 13.2. The number of ketones is 1. The first-order chi connectivity index (χ1) is 14.2. The van der Waals surface area contributed by atoms with Crippen molar-refractivity contribution < 1.29 is 4.79 Å². The summed E-state index contributed by atoms with van der Waals surface area (Å²) in [5, 5.41) is 0. The molecule has 3 fully saturated rings. The maximum Gasteiger partial charge on any atom is 0.155 e. The molecule has 0 aromatic carbocycles. The molecule has 2 nitrogen and oxygen atoms in total. The molecule has 30 heavy (non-hydrogen) atoms. The van der Waals surface area contributed by atoms with E-state index in [2.05, 4.69) is 34.6 Å². The summed E-state index contributed by atoms with van der Waals surface area (Å²) < 4.78 is 0. The molecule has 0 amide bonds. The van der Waals surface area contributed by atoms with Crippen molar-refractivity contribution in [1.82, 2.24) is 0 Å². The van der Waals surface area contributed by atoms with E-state index in [4.69, 9.17) is 5.73 Å². The summed E-state index contributed by atoms with van der Waals surface area (Å²) in [7, 11) is 0. The standard InChI is InChI=1S/C28H47NO/c1-18(2)7-6-8-19(3)23-9-10-24-22-15-20(17-29)26-16-21(30)11-13-28(26,5)25(22)12-14-27(23,24)4/h16,18-20,22-25H,6-15,17,29H2,1-5H3/t19-,20?,22+,23-,24+,25+,27-,28-/m1/s1. The van der Waals surface area contributed by atoms with Gasteiger partial charge in [0.05, 0.1) is 0 Å². The van der Waals surface area contributed by atoms with Gasteiger partial charge in [-0.1, -0.05) is 59.5 Å². The molecule has 4 aliphatic carbocycles. The van der Waals surface area contributed by atoms with E-state index in [1.165, 1.54) is 56.9 Å². The van der Waals surface area contributed by atoms with Crippen LogP contribution in [0.4, 0.5) is 0 Å². The van der Waals surface area contributed by atoms with Crippen molar-refractivity contribution in [2.45, 2.75) is 98.8 Å². The van der Waals surface area contributed by atoms with Crippen LogP contribution in [0.15, 0.2) is 11.6 Å². The Labute approximate surface area is 185 Å². The molecular weight excluding hydrogens is 366 g/mol. The van der Waals surface area contributed by atoms with Crippen molar-refractivity contribution in [2.24, 2.45) is 58.0 Å². The van der Waals surface area contributed by atoms with Gasteiger partial charge in [-0.2, -0.15) is 0 Å². The highest BCUT2D eigenvalue weighted by atomic mass is 16.1. The number of nitrogens with two attached hydrogens (primary N) is 1. The molecule has 0 spiro atoms. The molecular formula is C28H47NO. The summed E-state index contributed by atoms with van der Waals surface area (Å²) >= 11 is 0. The summed E-state index contributed by atoms with van der Waals surface area (Å²) in [6, 6.07) is 0. The number of hydrogen-bond acceptors (Lipinski definition) is 2. The van der Waals surface area contributed by atoms with Crippen molar-refractivity contribution in [3.8, 4) is 0 Å². The molecule has 4 aliphatic rings. The maximum atomic E-state index is 12.2. The van der Waals surface area contributed by atoms with Gasteiger partial charge in [0, 0.05) is 6.42 Å². The Morgan fingerprint density at radius 1 is 1.07 bits per heavy atom. The average Bonchev–Trinajstić information content (AvgIpc) is 3.05. The van der Waals surface area contributed by atoms with Crippen LogP contribution in [0, 0.1) is 52.3 Å². The summed E-state index contributed by atoms with van der Waals surface area (Å²) in [6.07, 6.45) is 14.9. The molecule has 0 heterocycles. The zero-order chi connectivity index (χ0) is 21.7. The lowest BCUT2D eigenvalue weighted by Crippen LogP contribution is -2.53. The first-order valence-electron chi connectivity index (χ1n) is 13.2. The van der Waals surface area contributed by atoms with Crippen LogP contribution >= 0.6 is 0 Å². The largest absolute Gasteiger partial charge is 0.330 e. The van der Waals surface area contributed by atoms with Crippen LogP contribution in [0.3, 0.4) is 0 Å². The minimum Gasteiger partial charge on any atom is -0.330 e. The first-order valence-corrected chi connectivity index (χ1v) is 13.2. The topological polar surface area (TPSA) is 43.1 Å². The van der Waals surface area contributed by atoms with Gasteiger partial charge in [0.15, 0.2) is 5.78 Å². The fourth-order valence-corrected chi connectivity index (χ4v) is 9.03. The van der Waals surface area contributed by atoms with Crippen molar-refractivity contribution in [3.63, 3.8) is 0 Å². The van der Waals surface area contributed by atoms with Crippen LogP contribution in [0.1, 0.15) is 98.8 Å². The molecule has 3 saturated carbocycles. The predicted octanol–water partition coefficient (Wildman–Crippen LogP) is 6.78. The van der Waals surface area contributed by atoms with Gasteiger partial charge in [-0.05, 0) is 103 Å². The molecule has 0 aromatic rings. The van der Waals surface area contributed by atoms with E-state index in [0.29, 0.717) is 17.1 Å². The van der Waals surface area contributed by atoms with Crippen molar-refractivity contribution >= 4 is 5.78 Å². The SMILES string of the molecule is CC(C)CCC[C@@H](C)[C@H]1CC[C@H]2[C@@H]3CC(CN)C4=CC(=O)CC[C@]4(C)[C@H]3CC[C@]12C. The van der Waals surface area contributed by atoms with E-state index in [9.17, 15) is 4.79 Å². The Morgan fingerprint density at radius 3 is 2.53 bits per heavy atom. The van der Waals surface area contributed by atoms with E-state index in [0.717, 1.165) is 54.9 Å². The van der Waals surface area contributed by atoms with Crippen LogP contribution in [0.5, 0.6) is 0 Å². The smallest absolute Gasteiger partial charge is 0.155 e. The van der Waals surface area contributed by atoms with Gasteiger partial charge < -0.3 is 5.73 Å². The molecule has 0 saturated heterocycles. The zero-order valence-electron chi connectivity index (χ0n) is 20.4. The molecule has 0 radical (unpaired) electrons. The Morgan fingerprint density at radius 2 is 1.83 bits per heavy atom. The number of rotatable bonds is 6. The second kappa shape index (κ2) is 8.38. The Bertz CT molecular complexity index is 680. The number of fused-ring (bicyclic) bond motifs is 5. The molecule has 170 valence electrons. The highest BCUT2D eigenvalue weighted by Gasteiger charge is 2.60. The van der Waals surface area contributed by atoms with Gasteiger partial charge >= 0.3 is 0 Å². The Balaban J connectivity index is 1.55. The normalized spacial score (nSPS) is 44.3. The second-order valence-electron chi connectivity index (χ2n) is 12.6. The third-order valence-electron chi connectivity index (χ3n) is 10.6. The van der Waals surface area contributed by atoms with E-state index in [-0.39, 0.29) is 5.41 Å². The first kappa shape index (κ1) is 22.6. The van der Waals surface area contributed by atoms with Gasteiger partial charge in [0.25, 0.3) is 0 Å².